The lowest BCUT2D eigenvalue weighted by atomic mass is 10.3. The van der Waals surface area contributed by atoms with Gasteiger partial charge in [-0.15, -0.1) is 4.98 Å². The molecule has 19 heavy (non-hydrogen) atoms. The molecular weight excluding hydrogens is 268 g/mol. The average molecular weight is 281 g/mol. The van der Waals surface area contributed by atoms with Crippen LogP contribution in [0.5, 0.6) is 12.0 Å². The van der Waals surface area contributed by atoms with E-state index in [-0.39, 0.29) is 12.0 Å². The zero-order chi connectivity index (χ0) is 13.8. The maximum atomic E-state index is 6.14. The normalized spacial score (nSPS) is 10.1. The first-order valence-corrected chi connectivity index (χ1v) is 5.86. The van der Waals surface area contributed by atoms with Crippen molar-refractivity contribution in [2.24, 2.45) is 0 Å². The second kappa shape index (κ2) is 5.71. The Morgan fingerprint density at radius 3 is 2.11 bits per heavy atom. The molecule has 0 fully saturated rings. The van der Waals surface area contributed by atoms with E-state index < -0.39 is 0 Å². The molecule has 0 aliphatic heterocycles. The topological polar surface area (TPSA) is 60.4 Å². The fraction of sp³-hybridized carbons (Fsp3) is 0.250. The smallest absolute Gasteiger partial charge is 0.324 e. The van der Waals surface area contributed by atoms with E-state index >= 15 is 0 Å². The lowest BCUT2D eigenvalue weighted by molar-refractivity contribution is 0.340. The third-order valence-corrected chi connectivity index (χ3v) is 2.78. The van der Waals surface area contributed by atoms with E-state index in [2.05, 4.69) is 15.0 Å². The predicted molar refractivity (Wildman–Crippen MR) is 72.4 cm³/mol. The summed E-state index contributed by atoms with van der Waals surface area (Å²) in [5.41, 5.74) is 0.777. The third-order valence-electron chi connectivity index (χ3n) is 2.46. The first-order valence-electron chi connectivity index (χ1n) is 5.48. The van der Waals surface area contributed by atoms with Gasteiger partial charge < -0.3 is 14.4 Å². The Labute approximate surface area is 116 Å². The van der Waals surface area contributed by atoms with Gasteiger partial charge in [0.25, 0.3) is 0 Å². The molecular formula is C12H13ClN4O2. The number of rotatable bonds is 4. The van der Waals surface area contributed by atoms with Crippen molar-refractivity contribution in [2.75, 3.05) is 26.2 Å². The molecule has 0 saturated carbocycles. The molecule has 2 rings (SSSR count). The van der Waals surface area contributed by atoms with E-state index in [4.69, 9.17) is 21.1 Å². The van der Waals surface area contributed by atoms with Crippen LogP contribution < -0.4 is 14.4 Å². The monoisotopic (exact) mass is 280 g/mol. The lowest BCUT2D eigenvalue weighted by Crippen LogP contribution is -2.15. The first kappa shape index (κ1) is 13.4. The predicted octanol–water partition coefficient (Wildman–Crippen LogP) is 2.31. The molecule has 0 radical (unpaired) electrons. The molecule has 0 bridgehead atoms. The number of methoxy groups -OCH3 is 2. The van der Waals surface area contributed by atoms with Crippen LogP contribution >= 0.6 is 11.6 Å². The van der Waals surface area contributed by atoms with Gasteiger partial charge in [0.15, 0.2) is 0 Å². The van der Waals surface area contributed by atoms with Gasteiger partial charge in [-0.05, 0) is 12.1 Å². The van der Waals surface area contributed by atoms with E-state index in [1.54, 1.807) is 18.0 Å². The highest BCUT2D eigenvalue weighted by molar-refractivity contribution is 6.33. The molecule has 2 aromatic rings. The summed E-state index contributed by atoms with van der Waals surface area (Å²) in [5, 5.41) is 0.600. The van der Waals surface area contributed by atoms with Crippen LogP contribution in [0.2, 0.25) is 5.02 Å². The number of nitrogens with zero attached hydrogens (tertiary/aromatic N) is 4. The third kappa shape index (κ3) is 2.85. The summed E-state index contributed by atoms with van der Waals surface area (Å²) in [5.74, 6) is 0.386. The minimum absolute atomic E-state index is 0.181. The van der Waals surface area contributed by atoms with Gasteiger partial charge in [-0.3, -0.25) is 0 Å². The Hall–Kier alpha value is -2.08. The van der Waals surface area contributed by atoms with Crippen LogP contribution in [0.25, 0.3) is 0 Å². The van der Waals surface area contributed by atoms with Crippen molar-refractivity contribution in [3.05, 3.63) is 29.3 Å². The maximum absolute atomic E-state index is 6.14. The van der Waals surface area contributed by atoms with Gasteiger partial charge in [-0.25, -0.2) is 0 Å². The quantitative estimate of drug-likeness (QED) is 0.856. The van der Waals surface area contributed by atoms with Gasteiger partial charge in [0.1, 0.15) is 0 Å². The van der Waals surface area contributed by atoms with Gasteiger partial charge in [0.2, 0.25) is 5.95 Å². The Bertz CT molecular complexity index is 557. The van der Waals surface area contributed by atoms with Crippen LogP contribution in [0.3, 0.4) is 0 Å². The van der Waals surface area contributed by atoms with E-state index in [0.29, 0.717) is 11.0 Å². The van der Waals surface area contributed by atoms with E-state index in [9.17, 15) is 0 Å². The highest BCUT2D eigenvalue weighted by Crippen LogP contribution is 2.29. The molecule has 1 aromatic heterocycles. The number of hydrogen-bond acceptors (Lipinski definition) is 6. The fourth-order valence-corrected chi connectivity index (χ4v) is 1.75. The molecule has 7 heteroatoms. The van der Waals surface area contributed by atoms with Gasteiger partial charge in [0, 0.05) is 7.05 Å². The summed E-state index contributed by atoms with van der Waals surface area (Å²) in [6.07, 6.45) is 0. The molecule has 0 aliphatic rings. The number of benzene rings is 1. The Kier molecular flexibility index (Phi) is 4.01. The fourth-order valence-electron chi connectivity index (χ4n) is 1.49. The number of hydrogen-bond donors (Lipinski definition) is 0. The van der Waals surface area contributed by atoms with E-state index in [0.717, 1.165) is 5.69 Å². The molecule has 100 valence electrons. The Balaban J connectivity index is 2.43. The Morgan fingerprint density at radius 2 is 1.58 bits per heavy atom. The van der Waals surface area contributed by atoms with Gasteiger partial charge in [-0.1, -0.05) is 23.7 Å². The van der Waals surface area contributed by atoms with Crippen molar-refractivity contribution in [1.82, 2.24) is 15.0 Å². The van der Waals surface area contributed by atoms with Gasteiger partial charge in [-0.2, -0.15) is 9.97 Å². The molecule has 0 amide bonds. The SMILES string of the molecule is COc1nc(OC)nc(N(C)c2ccccc2Cl)n1. The first-order chi connectivity index (χ1) is 9.15. The zero-order valence-corrected chi connectivity index (χ0v) is 11.5. The van der Waals surface area contributed by atoms with Crippen LogP contribution in [0.1, 0.15) is 0 Å². The van der Waals surface area contributed by atoms with E-state index in [1.165, 1.54) is 14.2 Å². The van der Waals surface area contributed by atoms with Crippen molar-refractivity contribution in [3.8, 4) is 12.0 Å². The number of halogens is 1. The molecule has 0 unspecified atom stereocenters. The number of ether oxygens (including phenoxy) is 2. The largest absolute Gasteiger partial charge is 0.467 e. The molecule has 0 aliphatic carbocycles. The summed E-state index contributed by atoms with van der Waals surface area (Å²) in [4.78, 5) is 14.0. The molecule has 0 N–H and O–H groups in total. The van der Waals surface area contributed by atoms with Crippen molar-refractivity contribution < 1.29 is 9.47 Å². The molecule has 0 saturated heterocycles. The summed E-state index contributed by atoms with van der Waals surface area (Å²) in [6, 6.07) is 7.76. The van der Waals surface area contributed by atoms with Crippen LogP contribution in [0, 0.1) is 0 Å². The van der Waals surface area contributed by atoms with Crippen LogP contribution in [0.4, 0.5) is 11.6 Å². The zero-order valence-electron chi connectivity index (χ0n) is 10.8. The number of anilines is 2. The molecule has 1 aromatic carbocycles. The number of aromatic nitrogens is 3. The second-order valence-electron chi connectivity index (χ2n) is 3.62. The van der Waals surface area contributed by atoms with Crippen molar-refractivity contribution in [3.63, 3.8) is 0 Å². The van der Waals surface area contributed by atoms with Crippen molar-refractivity contribution >= 4 is 23.2 Å². The van der Waals surface area contributed by atoms with Crippen molar-refractivity contribution in [1.29, 1.82) is 0 Å². The van der Waals surface area contributed by atoms with Crippen LogP contribution in [-0.2, 0) is 0 Å². The maximum Gasteiger partial charge on any atom is 0.324 e. The van der Waals surface area contributed by atoms with Crippen LogP contribution in [0.15, 0.2) is 24.3 Å². The lowest BCUT2D eigenvalue weighted by Gasteiger charge is -2.18. The summed E-state index contributed by atoms with van der Waals surface area (Å²) in [6.45, 7) is 0. The van der Waals surface area contributed by atoms with E-state index in [1.807, 2.05) is 18.2 Å². The van der Waals surface area contributed by atoms with Gasteiger partial charge in [0.05, 0.1) is 24.9 Å². The average Bonchev–Trinajstić information content (AvgIpc) is 2.46. The molecule has 6 nitrogen and oxygen atoms in total. The Morgan fingerprint density at radius 1 is 1.00 bits per heavy atom. The highest BCUT2D eigenvalue weighted by atomic mass is 35.5. The van der Waals surface area contributed by atoms with Gasteiger partial charge >= 0.3 is 12.0 Å². The van der Waals surface area contributed by atoms with Crippen LogP contribution in [-0.4, -0.2) is 36.2 Å². The van der Waals surface area contributed by atoms with Crippen molar-refractivity contribution in [2.45, 2.75) is 0 Å². The summed E-state index contributed by atoms with van der Waals surface area (Å²) in [7, 11) is 4.76. The number of para-hydroxylation sites is 1. The molecule has 0 spiro atoms. The minimum Gasteiger partial charge on any atom is -0.467 e. The minimum atomic E-state index is 0.181. The summed E-state index contributed by atoms with van der Waals surface area (Å²) >= 11 is 6.14. The molecule has 0 atom stereocenters. The summed E-state index contributed by atoms with van der Waals surface area (Å²) < 4.78 is 10.0. The standard InChI is InChI=1S/C12H13ClN4O2/c1-17(9-7-5-4-6-8(9)13)10-14-11(18-2)16-12(15-10)19-3/h4-7H,1-3H3. The second-order valence-corrected chi connectivity index (χ2v) is 4.03. The molecule has 1 heterocycles. The highest BCUT2D eigenvalue weighted by Gasteiger charge is 2.14.